The normalized spacial score (nSPS) is 17.4. The third-order valence-corrected chi connectivity index (χ3v) is 3.84. The number of benzene rings is 2. The van der Waals surface area contributed by atoms with Crippen LogP contribution in [0.5, 0.6) is 5.75 Å². The molecule has 0 N–H and O–H groups in total. The lowest BCUT2D eigenvalue weighted by molar-refractivity contribution is 0.0973. The van der Waals surface area contributed by atoms with Crippen molar-refractivity contribution >= 4 is 17.4 Å². The molecule has 2 nitrogen and oxygen atoms in total. The number of hydrogen-bond donors (Lipinski definition) is 0. The molecule has 0 saturated carbocycles. The molecule has 2 aromatic carbocycles. The molecule has 0 bridgehead atoms. The molecular weight excluding hydrogens is 260 g/mol. The fourth-order valence-electron chi connectivity index (χ4n) is 2.57. The Hall–Kier alpha value is -1.80. The van der Waals surface area contributed by atoms with E-state index in [4.69, 9.17) is 16.3 Å². The van der Waals surface area contributed by atoms with Gasteiger partial charge in [-0.05, 0) is 47.9 Å². The molecule has 0 fully saturated rings. The van der Waals surface area contributed by atoms with E-state index in [0.29, 0.717) is 5.02 Å². The van der Waals surface area contributed by atoms with Crippen molar-refractivity contribution in [3.8, 4) is 5.75 Å². The third-order valence-electron chi connectivity index (χ3n) is 3.59. The summed E-state index contributed by atoms with van der Waals surface area (Å²) in [4.78, 5) is 12.4. The topological polar surface area (TPSA) is 26.3 Å². The molecule has 0 amide bonds. The molecule has 1 aliphatic rings. The first-order chi connectivity index (χ1) is 9.19. The van der Waals surface area contributed by atoms with Gasteiger partial charge in [0.15, 0.2) is 5.78 Å². The summed E-state index contributed by atoms with van der Waals surface area (Å²) in [5.74, 6) is 0.877. The molecule has 1 atom stereocenters. The van der Waals surface area contributed by atoms with Crippen LogP contribution in [0.3, 0.4) is 0 Å². The van der Waals surface area contributed by atoms with Crippen molar-refractivity contribution in [3.05, 3.63) is 64.2 Å². The van der Waals surface area contributed by atoms with Crippen LogP contribution in [0.1, 0.15) is 27.4 Å². The lowest BCUT2D eigenvalue weighted by Crippen LogP contribution is -2.06. The van der Waals surface area contributed by atoms with Gasteiger partial charge in [-0.15, -0.1) is 0 Å². The Morgan fingerprint density at radius 2 is 1.89 bits per heavy atom. The van der Waals surface area contributed by atoms with Gasteiger partial charge in [0, 0.05) is 10.6 Å². The highest BCUT2D eigenvalue weighted by atomic mass is 35.5. The Labute approximate surface area is 117 Å². The van der Waals surface area contributed by atoms with Crippen molar-refractivity contribution in [2.45, 2.75) is 12.3 Å². The fraction of sp³-hybridized carbons (Fsp3) is 0.188. The molecule has 3 heteroatoms. The zero-order valence-corrected chi connectivity index (χ0v) is 11.3. The van der Waals surface area contributed by atoms with Crippen LogP contribution in [-0.2, 0) is 6.42 Å². The summed E-state index contributed by atoms with van der Waals surface area (Å²) in [5.41, 5.74) is 2.88. The Morgan fingerprint density at radius 1 is 1.16 bits per heavy atom. The lowest BCUT2D eigenvalue weighted by atomic mass is 9.95. The predicted molar refractivity (Wildman–Crippen MR) is 75.2 cm³/mol. The van der Waals surface area contributed by atoms with Crippen molar-refractivity contribution in [1.29, 1.82) is 0 Å². The minimum absolute atomic E-state index is 0.0978. The second-order valence-electron chi connectivity index (χ2n) is 4.70. The van der Waals surface area contributed by atoms with Crippen molar-refractivity contribution < 1.29 is 9.53 Å². The highest BCUT2D eigenvalue weighted by Gasteiger charge is 2.31. The lowest BCUT2D eigenvalue weighted by Gasteiger charge is -2.07. The van der Waals surface area contributed by atoms with Gasteiger partial charge in [-0.1, -0.05) is 23.7 Å². The van der Waals surface area contributed by atoms with E-state index in [9.17, 15) is 4.79 Å². The van der Waals surface area contributed by atoms with Crippen LogP contribution in [0.2, 0.25) is 5.02 Å². The first-order valence-electron chi connectivity index (χ1n) is 6.15. The molecule has 0 radical (unpaired) electrons. The molecular formula is C16H13ClO2. The largest absolute Gasteiger partial charge is 0.497 e. The van der Waals surface area contributed by atoms with Gasteiger partial charge < -0.3 is 4.74 Å². The summed E-state index contributed by atoms with van der Waals surface area (Å²) in [5, 5.41) is 0.688. The summed E-state index contributed by atoms with van der Waals surface area (Å²) in [6.45, 7) is 0. The van der Waals surface area contributed by atoms with E-state index >= 15 is 0 Å². The molecule has 1 aliphatic carbocycles. The molecule has 3 rings (SSSR count). The molecule has 96 valence electrons. The van der Waals surface area contributed by atoms with Gasteiger partial charge in [0.2, 0.25) is 0 Å². The van der Waals surface area contributed by atoms with E-state index in [2.05, 4.69) is 0 Å². The average molecular weight is 273 g/mol. The van der Waals surface area contributed by atoms with Gasteiger partial charge in [0.25, 0.3) is 0 Å². The highest BCUT2D eigenvalue weighted by molar-refractivity contribution is 6.30. The number of carbonyl (C=O) groups is 1. The standard InChI is InChI=1S/C16H13ClO2/c1-19-13-6-7-14-11(8-13)9-15(16(14)18)10-2-4-12(17)5-3-10/h2-8,15H,9H2,1H3/t15-/m1/s1. The van der Waals surface area contributed by atoms with Crippen molar-refractivity contribution in [3.63, 3.8) is 0 Å². The monoisotopic (exact) mass is 272 g/mol. The highest BCUT2D eigenvalue weighted by Crippen LogP contribution is 2.35. The second kappa shape index (κ2) is 4.71. The zero-order valence-electron chi connectivity index (χ0n) is 10.5. The number of fused-ring (bicyclic) bond motifs is 1. The molecule has 0 spiro atoms. The predicted octanol–water partition coefficient (Wildman–Crippen LogP) is 3.87. The first-order valence-corrected chi connectivity index (χ1v) is 6.53. The molecule has 0 unspecified atom stereocenters. The number of methoxy groups -OCH3 is 1. The Bertz CT molecular complexity index is 632. The third kappa shape index (κ3) is 2.13. The molecule has 0 saturated heterocycles. The molecule has 0 aromatic heterocycles. The maximum atomic E-state index is 12.4. The number of carbonyl (C=O) groups excluding carboxylic acids is 1. The molecule has 19 heavy (non-hydrogen) atoms. The van der Waals surface area contributed by atoms with Gasteiger partial charge in [-0.2, -0.15) is 0 Å². The first kappa shape index (κ1) is 12.2. The smallest absolute Gasteiger partial charge is 0.170 e. The maximum absolute atomic E-state index is 12.4. The Morgan fingerprint density at radius 3 is 2.58 bits per heavy atom. The number of ketones is 1. The minimum Gasteiger partial charge on any atom is -0.497 e. The van der Waals surface area contributed by atoms with Gasteiger partial charge in [0.1, 0.15) is 5.75 Å². The SMILES string of the molecule is COc1ccc2c(c1)C[C@H](c1ccc(Cl)cc1)C2=O. The van der Waals surface area contributed by atoms with Gasteiger partial charge >= 0.3 is 0 Å². The number of Topliss-reactive ketones (excluding diaryl/α,β-unsaturated/α-hetero) is 1. The molecule has 0 heterocycles. The van der Waals surface area contributed by atoms with E-state index in [1.54, 1.807) is 7.11 Å². The summed E-state index contributed by atoms with van der Waals surface area (Å²) in [6.07, 6.45) is 0.729. The quantitative estimate of drug-likeness (QED) is 0.829. The van der Waals surface area contributed by atoms with E-state index < -0.39 is 0 Å². The molecule has 0 aliphatic heterocycles. The number of rotatable bonds is 2. The van der Waals surface area contributed by atoms with Crippen LogP contribution in [0, 0.1) is 0 Å². The minimum atomic E-state index is -0.0978. The van der Waals surface area contributed by atoms with Crippen molar-refractivity contribution in [1.82, 2.24) is 0 Å². The van der Waals surface area contributed by atoms with Gasteiger partial charge in [0.05, 0.1) is 13.0 Å². The van der Waals surface area contributed by atoms with E-state index in [-0.39, 0.29) is 11.7 Å². The van der Waals surface area contributed by atoms with Crippen LogP contribution in [0.4, 0.5) is 0 Å². The Kier molecular flexibility index (Phi) is 3.03. The van der Waals surface area contributed by atoms with E-state index in [1.807, 2.05) is 42.5 Å². The maximum Gasteiger partial charge on any atom is 0.170 e. The van der Waals surface area contributed by atoms with Crippen LogP contribution in [-0.4, -0.2) is 12.9 Å². The summed E-state index contributed by atoms with van der Waals surface area (Å²) >= 11 is 5.88. The van der Waals surface area contributed by atoms with Crippen molar-refractivity contribution in [2.24, 2.45) is 0 Å². The van der Waals surface area contributed by atoms with E-state index in [0.717, 1.165) is 28.9 Å². The molecule has 2 aromatic rings. The van der Waals surface area contributed by atoms with Crippen LogP contribution >= 0.6 is 11.6 Å². The van der Waals surface area contributed by atoms with Crippen molar-refractivity contribution in [2.75, 3.05) is 7.11 Å². The van der Waals surface area contributed by atoms with Crippen LogP contribution < -0.4 is 4.74 Å². The Balaban J connectivity index is 1.96. The van der Waals surface area contributed by atoms with Gasteiger partial charge in [-0.25, -0.2) is 0 Å². The van der Waals surface area contributed by atoms with Gasteiger partial charge in [-0.3, -0.25) is 4.79 Å². The summed E-state index contributed by atoms with van der Waals surface area (Å²) in [7, 11) is 1.63. The zero-order chi connectivity index (χ0) is 13.4. The van der Waals surface area contributed by atoms with Crippen LogP contribution in [0.25, 0.3) is 0 Å². The summed E-state index contributed by atoms with van der Waals surface area (Å²) < 4.78 is 5.20. The number of halogens is 1. The number of ether oxygens (including phenoxy) is 1. The number of hydrogen-bond acceptors (Lipinski definition) is 2. The second-order valence-corrected chi connectivity index (χ2v) is 5.13. The summed E-state index contributed by atoms with van der Waals surface area (Å²) in [6, 6.07) is 13.1. The fourth-order valence-corrected chi connectivity index (χ4v) is 2.70. The van der Waals surface area contributed by atoms with E-state index in [1.165, 1.54) is 0 Å². The average Bonchev–Trinajstić information content (AvgIpc) is 2.76. The van der Waals surface area contributed by atoms with Crippen LogP contribution in [0.15, 0.2) is 42.5 Å².